The normalized spacial score (nSPS) is 12.8. The number of fused-ring (bicyclic) bond motifs is 3. The van der Waals surface area contributed by atoms with Gasteiger partial charge in [0.15, 0.2) is 11.2 Å². The third kappa shape index (κ3) is 6.96. The van der Waals surface area contributed by atoms with Crippen molar-refractivity contribution in [3.63, 3.8) is 0 Å². The first-order chi connectivity index (χ1) is 21.4. The third-order valence-corrected chi connectivity index (χ3v) is 7.34. The van der Waals surface area contributed by atoms with Crippen LogP contribution in [-0.4, -0.2) is 75.1 Å². The van der Waals surface area contributed by atoms with E-state index in [-0.39, 0.29) is 11.9 Å². The summed E-state index contributed by atoms with van der Waals surface area (Å²) >= 11 is 0. The SMILES string of the molecule is CCC(=O)N1CCc2cc(Cn3nc(-c4ccc5oc(N)nc5c4)c4c(N)ncnc43)ccc2C1.CCOCCOCCN. The Morgan fingerprint density at radius 3 is 2.66 bits per heavy atom. The van der Waals surface area contributed by atoms with Gasteiger partial charge in [0.1, 0.15) is 23.4 Å². The summed E-state index contributed by atoms with van der Waals surface area (Å²) in [5.74, 6) is 0.557. The molecule has 0 aliphatic carbocycles. The molecule has 0 radical (unpaired) electrons. The molecule has 6 rings (SSSR count). The molecule has 5 aromatic rings. The van der Waals surface area contributed by atoms with Crippen LogP contribution in [0.25, 0.3) is 33.4 Å². The zero-order chi connectivity index (χ0) is 31.1. The maximum Gasteiger partial charge on any atom is 0.292 e. The molecule has 1 amide bonds. The number of nitrogens with two attached hydrogens (primary N) is 3. The highest BCUT2D eigenvalue weighted by molar-refractivity contribution is 5.99. The third-order valence-electron chi connectivity index (χ3n) is 7.34. The van der Waals surface area contributed by atoms with Gasteiger partial charge in [0.25, 0.3) is 6.01 Å². The average molecular weight is 602 g/mol. The summed E-state index contributed by atoms with van der Waals surface area (Å²) in [7, 11) is 0. The number of oxazole rings is 1. The van der Waals surface area contributed by atoms with Gasteiger partial charge in [0, 0.05) is 38.2 Å². The molecule has 6 N–H and O–H groups in total. The van der Waals surface area contributed by atoms with E-state index in [1.54, 1.807) is 0 Å². The van der Waals surface area contributed by atoms with Gasteiger partial charge >= 0.3 is 0 Å². The molecule has 1 aliphatic rings. The Morgan fingerprint density at radius 1 is 1.02 bits per heavy atom. The lowest BCUT2D eigenvalue weighted by molar-refractivity contribution is -0.131. The summed E-state index contributed by atoms with van der Waals surface area (Å²) in [5, 5.41) is 5.57. The van der Waals surface area contributed by atoms with E-state index in [0.717, 1.165) is 30.7 Å². The highest BCUT2D eigenvalue weighted by Gasteiger charge is 2.21. The predicted molar refractivity (Wildman–Crippen MR) is 168 cm³/mol. The number of amides is 1. The van der Waals surface area contributed by atoms with Crippen LogP contribution in [0.15, 0.2) is 47.1 Å². The molecule has 1 aliphatic heterocycles. The van der Waals surface area contributed by atoms with Gasteiger partial charge in [0.2, 0.25) is 5.91 Å². The first-order valence-electron chi connectivity index (χ1n) is 14.8. The lowest BCUT2D eigenvalue weighted by Crippen LogP contribution is -2.35. The van der Waals surface area contributed by atoms with E-state index in [9.17, 15) is 4.79 Å². The minimum absolute atomic E-state index is 0.116. The molecule has 4 heterocycles. The summed E-state index contributed by atoms with van der Waals surface area (Å²) in [4.78, 5) is 26.9. The predicted octanol–water partition coefficient (Wildman–Crippen LogP) is 3.14. The van der Waals surface area contributed by atoms with Gasteiger partial charge in [-0.1, -0.05) is 25.1 Å². The second-order valence-corrected chi connectivity index (χ2v) is 10.3. The second-order valence-electron chi connectivity index (χ2n) is 10.3. The van der Waals surface area contributed by atoms with Gasteiger partial charge < -0.3 is 36.0 Å². The van der Waals surface area contributed by atoms with Crippen LogP contribution in [0.5, 0.6) is 0 Å². The van der Waals surface area contributed by atoms with Crippen LogP contribution >= 0.6 is 0 Å². The molecule has 3 aromatic heterocycles. The number of ether oxygens (including phenoxy) is 2. The smallest absolute Gasteiger partial charge is 0.292 e. The van der Waals surface area contributed by atoms with Crippen molar-refractivity contribution >= 4 is 39.9 Å². The molecule has 0 unspecified atom stereocenters. The number of nitrogen functional groups attached to an aromatic ring is 2. The highest BCUT2D eigenvalue weighted by Crippen LogP contribution is 2.33. The van der Waals surface area contributed by atoms with Crippen LogP contribution in [0.1, 0.15) is 37.0 Å². The zero-order valence-corrected chi connectivity index (χ0v) is 25.2. The summed E-state index contributed by atoms with van der Waals surface area (Å²) in [5.41, 5.74) is 24.1. The van der Waals surface area contributed by atoms with E-state index in [1.165, 1.54) is 17.5 Å². The standard InChI is InChI=1S/C25H24N8O2.C6H15NO2/c1-2-20(34)32-8-7-15-9-14(3-4-17(15)12-32)11-33-24-21(23(26)28-13-29-24)22(31-33)16-5-6-19-18(10-16)30-25(27)35-19;1-2-8-5-6-9-4-3-7/h3-6,9-10,13H,2,7-8,11-12H2,1H3,(H2,27,30)(H2,26,28,29);2-7H2,1H3. The fourth-order valence-corrected chi connectivity index (χ4v) is 5.20. The first kappa shape index (κ1) is 30.9. The van der Waals surface area contributed by atoms with Gasteiger partial charge in [-0.15, -0.1) is 0 Å². The van der Waals surface area contributed by atoms with E-state index < -0.39 is 0 Å². The summed E-state index contributed by atoms with van der Waals surface area (Å²) < 4.78 is 17.3. The first-order valence-corrected chi connectivity index (χ1v) is 14.8. The van der Waals surface area contributed by atoms with Crippen LogP contribution in [-0.2, 0) is 33.8 Å². The molecule has 232 valence electrons. The number of hydrogen-bond donors (Lipinski definition) is 3. The number of aromatic nitrogens is 5. The molecule has 0 atom stereocenters. The lowest BCUT2D eigenvalue weighted by Gasteiger charge is -2.29. The van der Waals surface area contributed by atoms with Crippen LogP contribution in [0.4, 0.5) is 11.8 Å². The number of carbonyl (C=O) groups excluding carboxylic acids is 1. The summed E-state index contributed by atoms with van der Waals surface area (Å²) in [6, 6.07) is 12.1. The fraction of sp³-hybridized carbons (Fsp3) is 0.387. The highest BCUT2D eigenvalue weighted by atomic mass is 16.5. The molecule has 0 saturated heterocycles. The quantitative estimate of drug-likeness (QED) is 0.200. The van der Waals surface area contributed by atoms with E-state index in [2.05, 4.69) is 33.2 Å². The maximum atomic E-state index is 12.1. The van der Waals surface area contributed by atoms with E-state index in [4.69, 9.17) is 36.2 Å². The van der Waals surface area contributed by atoms with Crippen LogP contribution in [0.3, 0.4) is 0 Å². The largest absolute Gasteiger partial charge is 0.424 e. The van der Waals surface area contributed by atoms with Gasteiger partial charge in [0.05, 0.1) is 31.8 Å². The van der Waals surface area contributed by atoms with Crippen LogP contribution in [0.2, 0.25) is 0 Å². The van der Waals surface area contributed by atoms with Gasteiger partial charge in [-0.2, -0.15) is 10.1 Å². The van der Waals surface area contributed by atoms with E-state index in [1.807, 2.05) is 41.6 Å². The van der Waals surface area contributed by atoms with Crippen molar-refractivity contribution in [1.82, 2.24) is 29.6 Å². The molecule has 44 heavy (non-hydrogen) atoms. The Morgan fingerprint density at radius 2 is 1.86 bits per heavy atom. The lowest BCUT2D eigenvalue weighted by atomic mass is 9.97. The van der Waals surface area contributed by atoms with Crippen molar-refractivity contribution in [2.24, 2.45) is 5.73 Å². The van der Waals surface area contributed by atoms with Crippen LogP contribution in [0, 0.1) is 0 Å². The van der Waals surface area contributed by atoms with E-state index >= 15 is 0 Å². The Balaban J connectivity index is 0.000000374. The summed E-state index contributed by atoms with van der Waals surface area (Å²) in [6.45, 7) is 9.11. The topological polar surface area (TPSA) is 186 Å². The molecule has 0 bridgehead atoms. The fourth-order valence-electron chi connectivity index (χ4n) is 5.20. The number of carbonyl (C=O) groups is 1. The van der Waals surface area contributed by atoms with Gasteiger partial charge in [-0.25, -0.2) is 14.6 Å². The minimum atomic E-state index is 0.116. The van der Waals surface area contributed by atoms with Crippen molar-refractivity contribution in [3.05, 3.63) is 59.4 Å². The number of anilines is 2. The number of benzene rings is 2. The average Bonchev–Trinajstić information content (AvgIpc) is 3.60. The molecule has 0 spiro atoms. The van der Waals surface area contributed by atoms with Crippen molar-refractivity contribution in [2.45, 2.75) is 39.8 Å². The van der Waals surface area contributed by atoms with Crippen LogP contribution < -0.4 is 17.2 Å². The number of nitrogens with zero attached hydrogens (tertiary/aromatic N) is 6. The van der Waals surface area contributed by atoms with Crippen molar-refractivity contribution in [1.29, 1.82) is 0 Å². The van der Waals surface area contributed by atoms with Crippen molar-refractivity contribution < 1.29 is 18.7 Å². The number of hydrogen-bond acceptors (Lipinski definition) is 11. The Labute approximate surface area is 255 Å². The van der Waals surface area contributed by atoms with Gasteiger partial charge in [-0.05, 0) is 48.2 Å². The van der Waals surface area contributed by atoms with Crippen molar-refractivity contribution in [2.75, 3.05) is 51.0 Å². The molecule has 2 aromatic carbocycles. The molecule has 13 nitrogen and oxygen atoms in total. The minimum Gasteiger partial charge on any atom is -0.424 e. The Kier molecular flexibility index (Phi) is 10.00. The van der Waals surface area contributed by atoms with Gasteiger partial charge in [-0.3, -0.25) is 4.79 Å². The maximum absolute atomic E-state index is 12.1. The van der Waals surface area contributed by atoms with Crippen molar-refractivity contribution in [3.8, 4) is 11.3 Å². The Hall–Kier alpha value is -4.59. The monoisotopic (exact) mass is 601 g/mol. The Bertz CT molecular complexity index is 1730. The zero-order valence-electron chi connectivity index (χ0n) is 25.2. The molecular formula is C31H39N9O4. The molecule has 13 heteroatoms. The van der Waals surface area contributed by atoms with E-state index in [0.29, 0.717) is 79.5 Å². The summed E-state index contributed by atoms with van der Waals surface area (Å²) in [6.07, 6.45) is 2.83. The molecule has 0 fully saturated rings. The second kappa shape index (κ2) is 14.3. The molecular weight excluding hydrogens is 562 g/mol. The molecule has 0 saturated carbocycles. The number of rotatable bonds is 10.